The molecule has 0 bridgehead atoms. The highest BCUT2D eigenvalue weighted by Crippen LogP contribution is 2.35. The monoisotopic (exact) mass is 348 g/mol. The molecular weight excluding hydrogens is 341 g/mol. The largest absolute Gasteiger partial charge is 0.322 e. The molecule has 1 atom stereocenters. The molecule has 0 aromatic heterocycles. The molecule has 2 amide bonds. The number of rotatable bonds is 2. The van der Waals surface area contributed by atoms with Crippen LogP contribution in [-0.2, 0) is 0 Å². The molecule has 1 rings (SSSR count). The van der Waals surface area contributed by atoms with E-state index in [2.05, 4.69) is 5.32 Å². The van der Waals surface area contributed by atoms with Crippen molar-refractivity contribution < 1.29 is 4.79 Å². The number of carbonyl (C=O) groups excluding carboxylic acids is 1. The highest BCUT2D eigenvalue weighted by atomic mass is 35.6. The third-order valence-corrected chi connectivity index (χ3v) is 3.85. The summed E-state index contributed by atoms with van der Waals surface area (Å²) in [5.74, 6) is 0. The fourth-order valence-electron chi connectivity index (χ4n) is 1.07. The predicted octanol–water partition coefficient (Wildman–Crippen LogP) is 4.74. The normalized spacial score (nSPS) is 13.0. The van der Waals surface area contributed by atoms with Gasteiger partial charge in [0.05, 0.1) is 0 Å². The van der Waals surface area contributed by atoms with E-state index in [9.17, 15) is 4.79 Å². The van der Waals surface area contributed by atoms with E-state index in [1.54, 1.807) is 24.3 Å². The summed E-state index contributed by atoms with van der Waals surface area (Å²) in [7, 11) is 1.42. The average Bonchev–Trinajstić information content (AvgIpc) is 2.29. The summed E-state index contributed by atoms with van der Waals surface area (Å²) in [5, 5.41) is 3.16. The first-order valence-corrected chi connectivity index (χ1v) is 6.67. The molecule has 1 aromatic rings. The highest BCUT2D eigenvalue weighted by Gasteiger charge is 2.36. The summed E-state index contributed by atoms with van der Waals surface area (Å²) < 4.78 is -1.77. The van der Waals surface area contributed by atoms with Crippen LogP contribution in [-0.4, -0.2) is 27.3 Å². The number of alkyl halides is 4. The quantitative estimate of drug-likeness (QED) is 0.606. The van der Waals surface area contributed by atoms with Gasteiger partial charge in [0, 0.05) is 17.8 Å². The van der Waals surface area contributed by atoms with Gasteiger partial charge in [-0.1, -0.05) is 58.0 Å². The zero-order valence-corrected chi connectivity index (χ0v) is 12.9. The minimum Gasteiger partial charge on any atom is -0.308 e. The molecule has 18 heavy (non-hydrogen) atoms. The molecule has 0 radical (unpaired) electrons. The average molecular weight is 350 g/mol. The van der Waals surface area contributed by atoms with Crippen molar-refractivity contribution in [3.05, 3.63) is 29.3 Å². The van der Waals surface area contributed by atoms with Gasteiger partial charge in [0.1, 0.15) is 0 Å². The lowest BCUT2D eigenvalue weighted by Gasteiger charge is -2.28. The molecule has 0 aliphatic carbocycles. The van der Waals surface area contributed by atoms with E-state index in [1.807, 2.05) is 0 Å². The Bertz CT molecular complexity index is 417. The minimum absolute atomic E-state index is 0.497. The topological polar surface area (TPSA) is 32.3 Å². The van der Waals surface area contributed by atoms with Crippen LogP contribution in [0.2, 0.25) is 5.02 Å². The molecule has 0 saturated heterocycles. The van der Waals surface area contributed by atoms with Gasteiger partial charge in [0.15, 0.2) is 5.50 Å². The number of benzene rings is 1. The molecule has 0 aliphatic heterocycles. The van der Waals surface area contributed by atoms with Gasteiger partial charge in [-0.2, -0.15) is 0 Å². The van der Waals surface area contributed by atoms with E-state index in [4.69, 9.17) is 58.0 Å². The van der Waals surface area contributed by atoms with Crippen LogP contribution in [0.3, 0.4) is 0 Å². The number of hydrogen-bond donors (Lipinski definition) is 1. The van der Waals surface area contributed by atoms with E-state index in [1.165, 1.54) is 7.05 Å². The number of carbonyl (C=O) groups is 1. The summed E-state index contributed by atoms with van der Waals surface area (Å²) in [6.07, 6.45) is 0. The maximum absolute atomic E-state index is 11.8. The van der Waals surface area contributed by atoms with Crippen molar-refractivity contribution in [2.75, 3.05) is 12.4 Å². The second kappa shape index (κ2) is 6.40. The molecule has 1 N–H and O–H groups in total. The molecule has 0 aliphatic rings. The number of anilines is 1. The second-order valence-electron chi connectivity index (χ2n) is 3.43. The van der Waals surface area contributed by atoms with Gasteiger partial charge in [-0.25, -0.2) is 4.79 Å². The van der Waals surface area contributed by atoms with E-state index >= 15 is 0 Å². The van der Waals surface area contributed by atoms with Crippen LogP contribution in [0.1, 0.15) is 0 Å². The van der Waals surface area contributed by atoms with Gasteiger partial charge in [0.2, 0.25) is 3.79 Å². The van der Waals surface area contributed by atoms with Crippen molar-refractivity contribution in [1.82, 2.24) is 4.90 Å². The Kier molecular flexibility index (Phi) is 5.68. The maximum Gasteiger partial charge on any atom is 0.322 e. The molecule has 1 unspecified atom stereocenters. The smallest absolute Gasteiger partial charge is 0.308 e. The Morgan fingerprint density at radius 3 is 2.22 bits per heavy atom. The fraction of sp³-hybridized carbons (Fsp3) is 0.300. The number of hydrogen-bond acceptors (Lipinski definition) is 1. The lowest BCUT2D eigenvalue weighted by molar-refractivity contribution is 0.218. The van der Waals surface area contributed by atoms with Gasteiger partial charge in [-0.05, 0) is 24.3 Å². The van der Waals surface area contributed by atoms with Crippen LogP contribution in [0.5, 0.6) is 0 Å². The Morgan fingerprint density at radius 1 is 1.28 bits per heavy atom. The minimum atomic E-state index is -1.77. The van der Waals surface area contributed by atoms with E-state index in [0.717, 1.165) is 4.90 Å². The van der Waals surface area contributed by atoms with Crippen LogP contribution in [0.4, 0.5) is 10.5 Å². The zero-order valence-electron chi connectivity index (χ0n) is 9.13. The van der Waals surface area contributed by atoms with Crippen molar-refractivity contribution in [3.8, 4) is 0 Å². The summed E-state index contributed by atoms with van der Waals surface area (Å²) in [5.41, 5.74) is -0.528. The van der Waals surface area contributed by atoms with Crippen LogP contribution < -0.4 is 5.32 Å². The second-order valence-corrected chi connectivity index (χ2v) is 6.64. The molecule has 8 heteroatoms. The Morgan fingerprint density at radius 2 is 1.78 bits per heavy atom. The molecule has 3 nitrogen and oxygen atoms in total. The van der Waals surface area contributed by atoms with E-state index in [-0.39, 0.29) is 0 Å². The SMILES string of the molecule is CN(C(=O)Nc1ccc(Cl)cc1)C(Cl)C(Cl)(Cl)Cl. The van der Waals surface area contributed by atoms with Crippen molar-refractivity contribution in [1.29, 1.82) is 0 Å². The van der Waals surface area contributed by atoms with Crippen LogP contribution in [0.25, 0.3) is 0 Å². The number of amides is 2. The standard InChI is InChI=1S/C10H9Cl5N2O/c1-17(8(12)10(13,14)15)9(18)16-7-4-2-6(11)3-5-7/h2-5,8H,1H3,(H,16,18). The fourth-order valence-corrected chi connectivity index (χ4v) is 1.72. The van der Waals surface area contributed by atoms with E-state index < -0.39 is 15.3 Å². The number of nitrogens with zero attached hydrogens (tertiary/aromatic N) is 1. The Balaban J connectivity index is 2.68. The third-order valence-electron chi connectivity index (χ3n) is 2.03. The van der Waals surface area contributed by atoms with Crippen LogP contribution >= 0.6 is 58.0 Å². The van der Waals surface area contributed by atoms with Gasteiger partial charge >= 0.3 is 6.03 Å². The molecule has 100 valence electrons. The summed E-state index contributed by atoms with van der Waals surface area (Å²) >= 11 is 28.4. The zero-order chi connectivity index (χ0) is 13.9. The van der Waals surface area contributed by atoms with Crippen molar-refractivity contribution in [3.63, 3.8) is 0 Å². The summed E-state index contributed by atoms with van der Waals surface area (Å²) in [6, 6.07) is 6.08. The van der Waals surface area contributed by atoms with Crippen molar-refractivity contribution in [2.45, 2.75) is 9.29 Å². The number of halogens is 5. The molecule has 0 fully saturated rings. The summed E-state index contributed by atoms with van der Waals surface area (Å²) in [6.45, 7) is 0. The molecule has 0 saturated carbocycles. The summed E-state index contributed by atoms with van der Waals surface area (Å²) in [4.78, 5) is 12.9. The number of nitrogens with one attached hydrogen (secondary N) is 1. The van der Waals surface area contributed by atoms with Gasteiger partial charge in [-0.3, -0.25) is 0 Å². The van der Waals surface area contributed by atoms with Gasteiger partial charge in [-0.15, -0.1) is 0 Å². The Labute approximate surface area is 130 Å². The molecule has 0 spiro atoms. The van der Waals surface area contributed by atoms with E-state index in [0.29, 0.717) is 10.7 Å². The van der Waals surface area contributed by atoms with Gasteiger partial charge < -0.3 is 10.2 Å². The Hall–Kier alpha value is -0.0600. The van der Waals surface area contributed by atoms with Crippen molar-refractivity contribution >= 4 is 69.7 Å². The first-order valence-electron chi connectivity index (χ1n) is 4.72. The van der Waals surface area contributed by atoms with Crippen molar-refractivity contribution in [2.24, 2.45) is 0 Å². The molecule has 0 heterocycles. The highest BCUT2D eigenvalue weighted by molar-refractivity contribution is 6.70. The van der Waals surface area contributed by atoms with Gasteiger partial charge in [0.25, 0.3) is 0 Å². The first kappa shape index (κ1) is 16.0. The first-order chi connectivity index (χ1) is 8.21. The predicted molar refractivity (Wildman–Crippen MR) is 78.2 cm³/mol. The number of urea groups is 1. The lowest BCUT2D eigenvalue weighted by atomic mass is 10.3. The molecule has 1 aromatic carbocycles. The van der Waals surface area contributed by atoms with Crippen LogP contribution in [0.15, 0.2) is 24.3 Å². The molecular formula is C10H9Cl5N2O. The lowest BCUT2D eigenvalue weighted by Crippen LogP contribution is -2.43. The third kappa shape index (κ3) is 4.56. The van der Waals surface area contributed by atoms with Crippen LogP contribution in [0, 0.1) is 0 Å². The maximum atomic E-state index is 11.8.